The molecule has 2 rings (SSSR count). The molecule has 0 aliphatic rings. The van der Waals surface area contributed by atoms with Crippen molar-refractivity contribution in [3.63, 3.8) is 0 Å². The molecule has 5 heteroatoms. The highest BCUT2D eigenvalue weighted by Crippen LogP contribution is 2.39. The number of thiophene rings is 1. The van der Waals surface area contributed by atoms with Crippen molar-refractivity contribution < 1.29 is 0 Å². The molecule has 0 aliphatic heterocycles. The molecule has 1 aromatic heterocycles. The summed E-state index contributed by atoms with van der Waals surface area (Å²) in [5.41, 5.74) is 2.21. The standard InChI is InChI=1S/C12H8BrCl2IS/c1-6-8(5-11(13)17-6)12(15)9-4-7(14)2-3-10(9)16/h2-5,12H,1H3. The van der Waals surface area contributed by atoms with E-state index in [2.05, 4.69) is 51.5 Å². The predicted octanol–water partition coefficient (Wildman–Crippen LogP) is 6.41. The third kappa shape index (κ3) is 3.18. The van der Waals surface area contributed by atoms with E-state index < -0.39 is 0 Å². The highest BCUT2D eigenvalue weighted by molar-refractivity contribution is 14.1. The van der Waals surface area contributed by atoms with E-state index >= 15 is 0 Å². The Labute approximate surface area is 137 Å². The summed E-state index contributed by atoms with van der Waals surface area (Å²) < 4.78 is 2.24. The first-order valence-corrected chi connectivity index (χ1v) is 8.34. The molecule has 1 unspecified atom stereocenters. The van der Waals surface area contributed by atoms with Gasteiger partial charge in [-0.2, -0.15) is 0 Å². The lowest BCUT2D eigenvalue weighted by Gasteiger charge is -2.12. The molecular formula is C12H8BrCl2IS. The lowest BCUT2D eigenvalue weighted by Crippen LogP contribution is -1.96. The van der Waals surface area contributed by atoms with E-state index in [0.29, 0.717) is 0 Å². The van der Waals surface area contributed by atoms with E-state index in [1.54, 1.807) is 11.3 Å². The van der Waals surface area contributed by atoms with E-state index in [-0.39, 0.29) is 5.38 Å². The summed E-state index contributed by atoms with van der Waals surface area (Å²) >= 11 is 20.0. The van der Waals surface area contributed by atoms with Crippen LogP contribution in [0.1, 0.15) is 21.4 Å². The Morgan fingerprint density at radius 1 is 1.29 bits per heavy atom. The molecule has 0 nitrogen and oxygen atoms in total. The zero-order chi connectivity index (χ0) is 12.6. The van der Waals surface area contributed by atoms with Crippen LogP contribution in [0.15, 0.2) is 28.1 Å². The summed E-state index contributed by atoms with van der Waals surface area (Å²) in [6.07, 6.45) is 0. The Morgan fingerprint density at radius 2 is 2.00 bits per heavy atom. The molecule has 17 heavy (non-hydrogen) atoms. The van der Waals surface area contributed by atoms with Gasteiger partial charge in [-0.1, -0.05) is 11.6 Å². The Balaban J connectivity index is 2.46. The SMILES string of the molecule is Cc1sc(Br)cc1C(Cl)c1cc(Cl)ccc1I. The Kier molecular flexibility index (Phi) is 4.80. The lowest BCUT2D eigenvalue weighted by molar-refractivity contribution is 1.12. The molecule has 0 saturated carbocycles. The molecule has 1 heterocycles. The van der Waals surface area contributed by atoms with Crippen molar-refractivity contribution in [3.8, 4) is 0 Å². The van der Waals surface area contributed by atoms with Crippen molar-refractivity contribution in [1.82, 2.24) is 0 Å². The van der Waals surface area contributed by atoms with Crippen molar-refractivity contribution in [1.29, 1.82) is 0 Å². The molecule has 90 valence electrons. The van der Waals surface area contributed by atoms with Crippen molar-refractivity contribution in [3.05, 3.63) is 52.6 Å². The van der Waals surface area contributed by atoms with Crippen molar-refractivity contribution >= 4 is 73.1 Å². The van der Waals surface area contributed by atoms with Gasteiger partial charge in [-0.05, 0) is 80.8 Å². The van der Waals surface area contributed by atoms with Crippen LogP contribution in [0.4, 0.5) is 0 Å². The molecule has 0 saturated heterocycles. The molecule has 0 amide bonds. The third-order valence-electron chi connectivity index (χ3n) is 2.43. The van der Waals surface area contributed by atoms with Crippen LogP contribution in [-0.4, -0.2) is 0 Å². The van der Waals surface area contributed by atoms with Crippen molar-refractivity contribution in [2.75, 3.05) is 0 Å². The average molecular weight is 462 g/mol. The van der Waals surface area contributed by atoms with Crippen LogP contribution in [-0.2, 0) is 0 Å². The number of rotatable bonds is 2. The van der Waals surface area contributed by atoms with Crippen LogP contribution in [0, 0.1) is 10.5 Å². The zero-order valence-electron chi connectivity index (χ0n) is 8.81. The second kappa shape index (κ2) is 5.78. The van der Waals surface area contributed by atoms with E-state index in [0.717, 1.165) is 23.5 Å². The summed E-state index contributed by atoms with van der Waals surface area (Å²) in [7, 11) is 0. The Hall–Kier alpha value is 0.710. The molecule has 0 radical (unpaired) electrons. The van der Waals surface area contributed by atoms with E-state index in [1.165, 1.54) is 4.88 Å². The monoisotopic (exact) mass is 460 g/mol. The van der Waals surface area contributed by atoms with Crippen LogP contribution < -0.4 is 0 Å². The maximum atomic E-state index is 6.55. The Morgan fingerprint density at radius 3 is 2.59 bits per heavy atom. The van der Waals surface area contributed by atoms with E-state index in [1.807, 2.05) is 18.2 Å². The van der Waals surface area contributed by atoms with E-state index in [4.69, 9.17) is 23.2 Å². The van der Waals surface area contributed by atoms with Gasteiger partial charge in [0, 0.05) is 13.5 Å². The van der Waals surface area contributed by atoms with Crippen molar-refractivity contribution in [2.24, 2.45) is 0 Å². The van der Waals surface area contributed by atoms with Gasteiger partial charge in [-0.25, -0.2) is 0 Å². The molecule has 0 fully saturated rings. The van der Waals surface area contributed by atoms with Gasteiger partial charge in [0.15, 0.2) is 0 Å². The summed E-state index contributed by atoms with van der Waals surface area (Å²) in [4.78, 5) is 1.23. The summed E-state index contributed by atoms with van der Waals surface area (Å²) in [6, 6.07) is 7.89. The number of halogens is 4. The highest BCUT2D eigenvalue weighted by atomic mass is 127. The number of hydrogen-bond donors (Lipinski definition) is 0. The van der Waals surface area contributed by atoms with Gasteiger partial charge >= 0.3 is 0 Å². The maximum absolute atomic E-state index is 6.55. The second-order valence-electron chi connectivity index (χ2n) is 3.59. The number of aryl methyl sites for hydroxylation is 1. The minimum Gasteiger partial charge on any atom is -0.133 e. The fraction of sp³-hybridized carbons (Fsp3) is 0.167. The average Bonchev–Trinajstić information content (AvgIpc) is 2.60. The summed E-state index contributed by atoms with van der Waals surface area (Å²) in [6.45, 7) is 2.08. The lowest BCUT2D eigenvalue weighted by atomic mass is 10.1. The van der Waals surface area contributed by atoms with E-state index in [9.17, 15) is 0 Å². The summed E-state index contributed by atoms with van der Waals surface area (Å²) in [5, 5.41) is 0.571. The molecule has 1 aromatic carbocycles. The quantitative estimate of drug-likeness (QED) is 0.358. The van der Waals surface area contributed by atoms with Crippen LogP contribution in [0.5, 0.6) is 0 Å². The third-order valence-corrected chi connectivity index (χ3v) is 5.69. The maximum Gasteiger partial charge on any atom is 0.0857 e. The van der Waals surface area contributed by atoms with Gasteiger partial charge in [0.05, 0.1) is 9.16 Å². The molecule has 1 atom stereocenters. The first kappa shape index (κ1) is 14.1. The van der Waals surface area contributed by atoms with Gasteiger partial charge in [0.2, 0.25) is 0 Å². The van der Waals surface area contributed by atoms with Gasteiger partial charge in [0.1, 0.15) is 0 Å². The molecule has 0 spiro atoms. The number of hydrogen-bond acceptors (Lipinski definition) is 1. The van der Waals surface area contributed by atoms with Crippen molar-refractivity contribution in [2.45, 2.75) is 12.3 Å². The minimum atomic E-state index is -0.150. The minimum absolute atomic E-state index is 0.150. The van der Waals surface area contributed by atoms with Crippen LogP contribution in [0.3, 0.4) is 0 Å². The molecule has 0 aliphatic carbocycles. The highest BCUT2D eigenvalue weighted by Gasteiger charge is 2.18. The van der Waals surface area contributed by atoms with Gasteiger partial charge in [0.25, 0.3) is 0 Å². The normalized spacial score (nSPS) is 12.8. The molecular weight excluding hydrogens is 454 g/mol. The molecule has 0 bridgehead atoms. The van der Waals surface area contributed by atoms with Gasteiger partial charge in [-0.15, -0.1) is 22.9 Å². The zero-order valence-corrected chi connectivity index (χ0v) is 14.9. The van der Waals surface area contributed by atoms with Gasteiger partial charge < -0.3 is 0 Å². The van der Waals surface area contributed by atoms with Gasteiger partial charge in [-0.3, -0.25) is 0 Å². The number of benzene rings is 1. The fourth-order valence-corrected chi connectivity index (χ4v) is 4.82. The van der Waals surface area contributed by atoms with Crippen LogP contribution >= 0.6 is 73.1 Å². The second-order valence-corrected chi connectivity index (χ2v) is 8.26. The first-order valence-electron chi connectivity index (χ1n) is 4.84. The number of alkyl halides is 1. The molecule has 0 N–H and O–H groups in total. The van der Waals surface area contributed by atoms with Crippen LogP contribution in [0.2, 0.25) is 5.02 Å². The Bertz CT molecular complexity index is 553. The largest absolute Gasteiger partial charge is 0.133 e. The first-order chi connectivity index (χ1) is 7.99. The topological polar surface area (TPSA) is 0 Å². The molecule has 2 aromatic rings. The fourth-order valence-electron chi connectivity index (χ4n) is 1.59. The van der Waals surface area contributed by atoms with Crippen LogP contribution in [0.25, 0.3) is 0 Å². The smallest absolute Gasteiger partial charge is 0.0857 e. The predicted molar refractivity (Wildman–Crippen MR) is 88.6 cm³/mol. The summed E-state index contributed by atoms with van der Waals surface area (Å²) in [5.74, 6) is 0.